The average Bonchev–Trinajstić information content (AvgIpc) is 3.70. The SMILES string of the molecule is CC(C)C[C@@H](C=NNC(N)=O)NC(=O)[C@H](Cc1cnc[nH]1)NC(=O)C1Cc2c([nH]c3ccccc23)CN1C(=O)OCc1ccccc1. The summed E-state index contributed by atoms with van der Waals surface area (Å²) < 4.78 is 5.67. The van der Waals surface area contributed by atoms with Gasteiger partial charge in [0, 0.05) is 47.5 Å². The topological polar surface area (TPSA) is 200 Å². The Morgan fingerprint density at radius 1 is 1.11 bits per heavy atom. The summed E-state index contributed by atoms with van der Waals surface area (Å²) in [6.07, 6.45) is 4.62. The Morgan fingerprint density at radius 2 is 1.87 bits per heavy atom. The molecule has 0 radical (unpaired) electrons. The molecular weight excluding hydrogens is 602 g/mol. The van der Waals surface area contributed by atoms with E-state index in [1.54, 1.807) is 6.20 Å². The van der Waals surface area contributed by atoms with E-state index in [2.05, 4.69) is 36.1 Å². The molecule has 0 spiro atoms. The van der Waals surface area contributed by atoms with Crippen molar-refractivity contribution in [1.82, 2.24) is 35.9 Å². The summed E-state index contributed by atoms with van der Waals surface area (Å²) in [6, 6.07) is 13.6. The normalized spacial score (nSPS) is 15.6. The van der Waals surface area contributed by atoms with Crippen LogP contribution < -0.4 is 21.8 Å². The maximum absolute atomic E-state index is 14.1. The van der Waals surface area contributed by atoms with E-state index in [1.807, 2.05) is 68.4 Å². The lowest BCUT2D eigenvalue weighted by Gasteiger charge is -2.35. The smallest absolute Gasteiger partial charge is 0.411 e. The van der Waals surface area contributed by atoms with E-state index >= 15 is 0 Å². The lowest BCUT2D eigenvalue weighted by Crippen LogP contribution is -2.58. The fourth-order valence-corrected chi connectivity index (χ4v) is 5.67. The lowest BCUT2D eigenvalue weighted by molar-refractivity contribution is -0.132. The minimum atomic E-state index is -1.04. The number of ether oxygens (including phenoxy) is 1. The van der Waals surface area contributed by atoms with Gasteiger partial charge in [0.05, 0.1) is 18.9 Å². The van der Waals surface area contributed by atoms with Crippen LogP contribution in [0.4, 0.5) is 9.59 Å². The summed E-state index contributed by atoms with van der Waals surface area (Å²) in [5.74, 6) is -0.823. The molecule has 14 nitrogen and oxygen atoms in total. The van der Waals surface area contributed by atoms with Gasteiger partial charge in [-0.1, -0.05) is 62.4 Å². The van der Waals surface area contributed by atoms with Crippen molar-refractivity contribution in [2.45, 2.75) is 64.4 Å². The number of amides is 5. The fourth-order valence-electron chi connectivity index (χ4n) is 5.67. The number of para-hydroxylation sites is 1. The highest BCUT2D eigenvalue weighted by Gasteiger charge is 2.39. The van der Waals surface area contributed by atoms with Gasteiger partial charge >= 0.3 is 12.1 Å². The van der Waals surface area contributed by atoms with Crippen LogP contribution in [0.1, 0.15) is 42.8 Å². The molecule has 5 rings (SSSR count). The van der Waals surface area contributed by atoms with Gasteiger partial charge < -0.3 is 31.1 Å². The van der Waals surface area contributed by atoms with E-state index in [4.69, 9.17) is 10.5 Å². The Labute approximate surface area is 271 Å². The highest BCUT2D eigenvalue weighted by atomic mass is 16.6. The summed E-state index contributed by atoms with van der Waals surface area (Å²) in [7, 11) is 0. The molecule has 3 heterocycles. The molecule has 4 aromatic rings. The minimum absolute atomic E-state index is 0.0400. The quantitative estimate of drug-likeness (QED) is 0.101. The number of aromatic amines is 2. The van der Waals surface area contributed by atoms with E-state index < -0.39 is 42.1 Å². The second-order valence-corrected chi connectivity index (χ2v) is 11.9. The monoisotopic (exact) mass is 641 g/mol. The Morgan fingerprint density at radius 3 is 2.60 bits per heavy atom. The molecule has 5 amide bonds. The Bertz CT molecular complexity index is 1720. The first-order valence-electron chi connectivity index (χ1n) is 15.4. The van der Waals surface area contributed by atoms with Gasteiger partial charge in [-0.2, -0.15) is 5.10 Å². The maximum atomic E-state index is 14.1. The number of benzene rings is 2. The third kappa shape index (κ3) is 8.54. The number of urea groups is 1. The molecule has 2 aromatic heterocycles. The van der Waals surface area contributed by atoms with Crippen LogP contribution in [0.25, 0.3) is 10.9 Å². The van der Waals surface area contributed by atoms with Gasteiger partial charge in [-0.15, -0.1) is 0 Å². The first kappa shape index (κ1) is 32.7. The van der Waals surface area contributed by atoms with E-state index in [0.29, 0.717) is 12.1 Å². The van der Waals surface area contributed by atoms with Crippen molar-refractivity contribution in [3.05, 3.63) is 89.6 Å². The van der Waals surface area contributed by atoms with Gasteiger partial charge in [-0.3, -0.25) is 14.5 Å². The molecule has 1 aliphatic rings. The van der Waals surface area contributed by atoms with Crippen molar-refractivity contribution in [2.75, 3.05) is 0 Å². The van der Waals surface area contributed by atoms with Crippen LogP contribution in [-0.2, 0) is 40.3 Å². The summed E-state index contributed by atoms with van der Waals surface area (Å²) in [4.78, 5) is 64.3. The minimum Gasteiger partial charge on any atom is -0.445 e. The third-order valence-corrected chi connectivity index (χ3v) is 7.84. The van der Waals surface area contributed by atoms with Crippen molar-refractivity contribution < 1.29 is 23.9 Å². The van der Waals surface area contributed by atoms with E-state index in [0.717, 1.165) is 27.7 Å². The predicted molar refractivity (Wildman–Crippen MR) is 175 cm³/mol. The number of fused-ring (bicyclic) bond motifs is 3. The van der Waals surface area contributed by atoms with Crippen LogP contribution >= 0.6 is 0 Å². The van der Waals surface area contributed by atoms with Gasteiger partial charge in [0.2, 0.25) is 11.8 Å². The van der Waals surface area contributed by atoms with Gasteiger partial charge in [0.1, 0.15) is 18.7 Å². The second-order valence-electron chi connectivity index (χ2n) is 11.9. The fraction of sp³-hybridized carbons (Fsp3) is 0.333. The van der Waals surface area contributed by atoms with Crippen LogP contribution in [-0.4, -0.2) is 68.1 Å². The number of imidazole rings is 1. The number of primary amides is 1. The number of carbonyl (C=O) groups is 4. The van der Waals surface area contributed by atoms with Gasteiger partial charge in [0.15, 0.2) is 0 Å². The Balaban J connectivity index is 1.39. The number of hydrogen-bond donors (Lipinski definition) is 6. The number of rotatable bonds is 12. The second kappa shape index (κ2) is 15.1. The van der Waals surface area contributed by atoms with E-state index in [-0.39, 0.29) is 31.9 Å². The number of nitrogens with two attached hydrogens (primary N) is 1. The van der Waals surface area contributed by atoms with Crippen molar-refractivity contribution in [3.63, 3.8) is 0 Å². The van der Waals surface area contributed by atoms with E-state index in [9.17, 15) is 19.2 Å². The molecule has 0 aliphatic carbocycles. The summed E-state index contributed by atoms with van der Waals surface area (Å²) in [5.41, 5.74) is 11.3. The van der Waals surface area contributed by atoms with Crippen molar-refractivity contribution in [1.29, 1.82) is 0 Å². The van der Waals surface area contributed by atoms with Gasteiger partial charge in [0.25, 0.3) is 0 Å². The largest absolute Gasteiger partial charge is 0.445 e. The molecular formula is C33H39N9O5. The zero-order valence-electron chi connectivity index (χ0n) is 26.2. The highest BCUT2D eigenvalue weighted by molar-refractivity contribution is 5.94. The molecule has 2 aromatic carbocycles. The molecule has 3 atom stereocenters. The summed E-state index contributed by atoms with van der Waals surface area (Å²) in [5, 5.41) is 10.6. The zero-order valence-corrected chi connectivity index (χ0v) is 26.2. The molecule has 7 N–H and O–H groups in total. The number of carbonyl (C=O) groups excluding carboxylic acids is 4. The third-order valence-electron chi connectivity index (χ3n) is 7.84. The molecule has 0 bridgehead atoms. The molecule has 1 unspecified atom stereocenters. The van der Waals surface area contributed by atoms with Crippen molar-refractivity contribution in [2.24, 2.45) is 16.8 Å². The molecule has 1 aliphatic heterocycles. The standard InChI is InChI=1S/C33H39N9O5/c1-20(2)12-23(16-37-41-32(34)45)38-30(43)27(13-22-15-35-19-36-22)40-31(44)29-14-25-24-10-6-7-11-26(24)39-28(25)17-42(29)33(46)47-18-21-8-4-3-5-9-21/h3-11,15-16,19-20,23,27,29,39H,12-14,17-18H2,1-2H3,(H,35,36)(H,38,43)(H,40,44)(H3,34,41,45)/t23-,27-,29?/m0/s1. The molecule has 14 heteroatoms. The molecule has 246 valence electrons. The highest BCUT2D eigenvalue weighted by Crippen LogP contribution is 2.31. The van der Waals surface area contributed by atoms with Gasteiger partial charge in [-0.05, 0) is 29.5 Å². The number of nitrogens with one attached hydrogen (secondary N) is 5. The van der Waals surface area contributed by atoms with Crippen molar-refractivity contribution in [3.8, 4) is 0 Å². The Hall–Kier alpha value is -5.66. The summed E-state index contributed by atoms with van der Waals surface area (Å²) in [6.45, 7) is 4.11. The summed E-state index contributed by atoms with van der Waals surface area (Å²) >= 11 is 0. The molecule has 0 saturated carbocycles. The van der Waals surface area contributed by atoms with Crippen LogP contribution in [0, 0.1) is 5.92 Å². The molecule has 0 fully saturated rings. The van der Waals surface area contributed by atoms with Crippen LogP contribution in [0.5, 0.6) is 0 Å². The number of aromatic nitrogens is 3. The van der Waals surface area contributed by atoms with E-state index in [1.165, 1.54) is 17.4 Å². The van der Waals surface area contributed by atoms with Gasteiger partial charge in [-0.25, -0.2) is 20.0 Å². The zero-order chi connectivity index (χ0) is 33.3. The van der Waals surface area contributed by atoms with Crippen LogP contribution in [0.15, 0.2) is 72.2 Å². The van der Waals surface area contributed by atoms with Crippen LogP contribution in [0.2, 0.25) is 0 Å². The first-order valence-corrected chi connectivity index (χ1v) is 15.4. The van der Waals surface area contributed by atoms with Crippen molar-refractivity contribution >= 4 is 41.1 Å². The Kier molecular flexibility index (Phi) is 10.5. The first-order chi connectivity index (χ1) is 22.7. The predicted octanol–water partition coefficient (Wildman–Crippen LogP) is 2.87. The lowest BCUT2D eigenvalue weighted by atomic mass is 9.96. The number of hydrogen-bond acceptors (Lipinski definition) is 7. The molecule has 47 heavy (non-hydrogen) atoms. The number of nitrogens with zero attached hydrogens (tertiary/aromatic N) is 3. The number of hydrazone groups is 1. The average molecular weight is 642 g/mol. The number of H-pyrrole nitrogens is 2. The maximum Gasteiger partial charge on any atom is 0.411 e. The molecule has 0 saturated heterocycles. The van der Waals surface area contributed by atoms with Crippen LogP contribution in [0.3, 0.4) is 0 Å².